The lowest BCUT2D eigenvalue weighted by Gasteiger charge is -2.34. The quantitative estimate of drug-likeness (QED) is 0.406. The summed E-state index contributed by atoms with van der Waals surface area (Å²) in [5.74, 6) is 0.287. The number of rotatable bonds is 5. The Bertz CT molecular complexity index is 1060. The molecular weight excluding hydrogens is 432 g/mol. The first-order valence-electron chi connectivity index (χ1n) is 11.5. The van der Waals surface area contributed by atoms with E-state index < -0.39 is 0 Å². The van der Waals surface area contributed by atoms with E-state index in [1.165, 1.54) is 19.1 Å². The summed E-state index contributed by atoms with van der Waals surface area (Å²) in [5, 5.41) is 0.370. The zero-order valence-electron chi connectivity index (χ0n) is 19.3. The highest BCUT2D eigenvalue weighted by molar-refractivity contribution is 7.80. The Balaban J connectivity index is 1.71. The number of ether oxygens (including phenoxy) is 2. The Morgan fingerprint density at radius 2 is 1.70 bits per heavy atom. The number of nitrogens with zero attached hydrogens (tertiary/aromatic N) is 2. The molecule has 1 aliphatic carbocycles. The molecule has 0 aromatic heterocycles. The highest BCUT2D eigenvalue weighted by Gasteiger charge is 2.45. The van der Waals surface area contributed by atoms with Crippen molar-refractivity contribution in [3.05, 3.63) is 71.8 Å². The smallest absolute Gasteiger partial charge is 0.307 e. The van der Waals surface area contributed by atoms with Crippen molar-refractivity contribution in [2.24, 2.45) is 4.99 Å². The van der Waals surface area contributed by atoms with Crippen LogP contribution >= 0.6 is 12.2 Å². The Labute approximate surface area is 201 Å². The maximum atomic E-state index is 11.8. The third-order valence-corrected chi connectivity index (χ3v) is 6.86. The highest BCUT2D eigenvalue weighted by atomic mass is 32.1. The molecular formula is C27H30N2O3S. The SMILES string of the molecule is COC(=O)CCN(C(=S)N=C1OC2(CCCCC2)C(C)=C1c1ccccc1)c1ccccc1. The molecule has 0 saturated heterocycles. The number of carbonyl (C=O) groups is 1. The summed E-state index contributed by atoms with van der Waals surface area (Å²) in [7, 11) is 1.39. The second kappa shape index (κ2) is 10.3. The van der Waals surface area contributed by atoms with Crippen LogP contribution in [0.3, 0.4) is 0 Å². The standard InChI is InChI=1S/C27H30N2O3S/c1-20-24(21-12-6-3-7-13-21)25(32-27(20)17-10-5-11-18-27)28-26(33)29(19-16-23(30)31-2)22-14-8-4-9-15-22/h3-4,6-9,12-15H,5,10-11,16-19H2,1-2H3. The predicted octanol–water partition coefficient (Wildman–Crippen LogP) is 5.95. The van der Waals surface area contributed by atoms with Crippen molar-refractivity contribution in [1.82, 2.24) is 0 Å². The van der Waals surface area contributed by atoms with E-state index in [0.29, 0.717) is 17.6 Å². The lowest BCUT2D eigenvalue weighted by Crippen LogP contribution is -2.35. The topological polar surface area (TPSA) is 51.1 Å². The van der Waals surface area contributed by atoms with Crippen molar-refractivity contribution in [1.29, 1.82) is 0 Å². The van der Waals surface area contributed by atoms with Crippen LogP contribution in [-0.2, 0) is 14.3 Å². The molecule has 2 aliphatic rings. The van der Waals surface area contributed by atoms with Crippen molar-refractivity contribution in [3.8, 4) is 0 Å². The molecule has 2 aromatic rings. The monoisotopic (exact) mass is 462 g/mol. The molecule has 1 aliphatic heterocycles. The molecule has 0 radical (unpaired) electrons. The number of para-hydroxylation sites is 1. The first-order chi connectivity index (χ1) is 16.0. The normalized spacial score (nSPS) is 18.3. The average molecular weight is 463 g/mol. The van der Waals surface area contributed by atoms with E-state index >= 15 is 0 Å². The second-order valence-electron chi connectivity index (χ2n) is 8.54. The van der Waals surface area contributed by atoms with Crippen LogP contribution in [0.1, 0.15) is 51.0 Å². The number of hydrogen-bond donors (Lipinski definition) is 0. The predicted molar refractivity (Wildman–Crippen MR) is 136 cm³/mol. The maximum absolute atomic E-state index is 11.8. The van der Waals surface area contributed by atoms with Gasteiger partial charge in [0, 0.05) is 17.8 Å². The number of methoxy groups -OCH3 is 1. The fourth-order valence-electron chi connectivity index (χ4n) is 4.72. The summed E-state index contributed by atoms with van der Waals surface area (Å²) in [5.41, 5.74) is 3.92. The molecule has 5 nitrogen and oxygen atoms in total. The summed E-state index contributed by atoms with van der Waals surface area (Å²) in [6, 6.07) is 20.0. The first-order valence-corrected chi connectivity index (χ1v) is 11.9. The third kappa shape index (κ3) is 5.01. The molecule has 0 unspecified atom stereocenters. The largest absolute Gasteiger partial charge is 0.469 e. The van der Waals surface area contributed by atoms with Gasteiger partial charge in [-0.05, 0) is 68.1 Å². The highest BCUT2D eigenvalue weighted by Crippen LogP contribution is 2.46. The number of anilines is 1. The molecule has 0 N–H and O–H groups in total. The van der Waals surface area contributed by atoms with Gasteiger partial charge in [0.25, 0.3) is 0 Å². The van der Waals surface area contributed by atoms with Gasteiger partial charge in [-0.15, -0.1) is 0 Å². The van der Waals surface area contributed by atoms with Crippen molar-refractivity contribution < 1.29 is 14.3 Å². The Kier molecular flexibility index (Phi) is 7.23. The minimum absolute atomic E-state index is 0.210. The van der Waals surface area contributed by atoms with E-state index in [1.807, 2.05) is 53.4 Å². The van der Waals surface area contributed by atoms with Crippen LogP contribution in [0, 0.1) is 0 Å². The number of aliphatic imine (C=N–C) groups is 1. The van der Waals surface area contributed by atoms with Gasteiger partial charge in [-0.2, -0.15) is 4.99 Å². The van der Waals surface area contributed by atoms with Crippen molar-refractivity contribution in [2.75, 3.05) is 18.6 Å². The van der Waals surface area contributed by atoms with Gasteiger partial charge in [0.2, 0.25) is 11.0 Å². The summed E-state index contributed by atoms with van der Waals surface area (Å²) >= 11 is 5.80. The maximum Gasteiger partial charge on any atom is 0.307 e. The molecule has 2 aromatic carbocycles. The molecule has 0 amide bonds. The summed E-state index contributed by atoms with van der Waals surface area (Å²) in [6.45, 7) is 2.55. The van der Waals surface area contributed by atoms with Crippen molar-refractivity contribution >= 4 is 40.5 Å². The zero-order valence-corrected chi connectivity index (χ0v) is 20.1. The minimum Gasteiger partial charge on any atom is -0.469 e. The molecule has 1 saturated carbocycles. The summed E-state index contributed by atoms with van der Waals surface area (Å²) < 4.78 is 11.5. The Morgan fingerprint density at radius 1 is 1.06 bits per heavy atom. The first kappa shape index (κ1) is 23.2. The van der Waals surface area contributed by atoms with Gasteiger partial charge in [0.15, 0.2) is 0 Å². The van der Waals surface area contributed by atoms with E-state index in [2.05, 4.69) is 19.1 Å². The number of hydrogen-bond acceptors (Lipinski definition) is 4. The second-order valence-corrected chi connectivity index (χ2v) is 8.90. The number of carbonyl (C=O) groups excluding carboxylic acids is 1. The molecule has 1 fully saturated rings. The van der Waals surface area contributed by atoms with E-state index in [1.54, 1.807) is 0 Å². The summed E-state index contributed by atoms with van der Waals surface area (Å²) in [6.07, 6.45) is 5.72. The van der Waals surface area contributed by atoms with Gasteiger partial charge >= 0.3 is 5.97 Å². The third-order valence-electron chi connectivity index (χ3n) is 6.55. The van der Waals surface area contributed by atoms with E-state index in [0.717, 1.165) is 42.5 Å². The molecule has 1 heterocycles. The fraction of sp³-hybridized carbons (Fsp3) is 0.370. The molecule has 172 valence electrons. The van der Waals surface area contributed by atoms with Crippen molar-refractivity contribution in [2.45, 2.75) is 51.0 Å². The van der Waals surface area contributed by atoms with E-state index in [-0.39, 0.29) is 18.0 Å². The minimum atomic E-state index is -0.304. The fourth-order valence-corrected chi connectivity index (χ4v) is 5.00. The Hall–Kier alpha value is -2.99. The molecule has 4 rings (SSSR count). The van der Waals surface area contributed by atoms with Crippen molar-refractivity contribution in [3.63, 3.8) is 0 Å². The Morgan fingerprint density at radius 3 is 2.33 bits per heavy atom. The van der Waals surface area contributed by atoms with Crippen LogP contribution in [-0.4, -0.2) is 36.2 Å². The zero-order chi connectivity index (χ0) is 23.3. The van der Waals surface area contributed by atoms with Crippen LogP contribution in [0.25, 0.3) is 5.57 Å². The summed E-state index contributed by atoms with van der Waals surface area (Å²) in [4.78, 5) is 18.6. The lowest BCUT2D eigenvalue weighted by atomic mass is 9.79. The van der Waals surface area contributed by atoms with Gasteiger partial charge < -0.3 is 14.4 Å². The van der Waals surface area contributed by atoms with Gasteiger partial charge in [0.1, 0.15) is 5.60 Å². The number of thiocarbonyl (C=S) groups is 1. The molecule has 6 heteroatoms. The lowest BCUT2D eigenvalue weighted by molar-refractivity contribution is -0.140. The van der Waals surface area contributed by atoms with Crippen LogP contribution < -0.4 is 4.90 Å². The van der Waals surface area contributed by atoms with Gasteiger partial charge in [-0.25, -0.2) is 0 Å². The van der Waals surface area contributed by atoms with Crippen LogP contribution in [0.4, 0.5) is 5.69 Å². The van der Waals surface area contributed by atoms with Gasteiger partial charge in [-0.1, -0.05) is 55.0 Å². The average Bonchev–Trinajstić information content (AvgIpc) is 3.10. The molecule has 33 heavy (non-hydrogen) atoms. The van der Waals surface area contributed by atoms with Crippen LogP contribution in [0.5, 0.6) is 0 Å². The van der Waals surface area contributed by atoms with E-state index in [9.17, 15) is 4.79 Å². The van der Waals surface area contributed by atoms with E-state index in [4.69, 9.17) is 26.7 Å². The van der Waals surface area contributed by atoms with Gasteiger partial charge in [0.05, 0.1) is 13.5 Å². The van der Waals surface area contributed by atoms with Gasteiger partial charge in [-0.3, -0.25) is 4.79 Å². The molecule has 0 bridgehead atoms. The van der Waals surface area contributed by atoms with Crippen LogP contribution in [0.15, 0.2) is 71.2 Å². The number of benzene rings is 2. The molecule has 0 atom stereocenters. The number of esters is 1. The molecule has 1 spiro atoms. The van der Waals surface area contributed by atoms with Crippen LogP contribution in [0.2, 0.25) is 0 Å².